The van der Waals surface area contributed by atoms with Crippen molar-refractivity contribution in [3.8, 4) is 11.5 Å². The molecule has 0 spiro atoms. The molecule has 0 fully saturated rings. The molecule has 1 heterocycles. The molecule has 1 aromatic heterocycles. The number of methoxy groups -OCH3 is 2. The van der Waals surface area contributed by atoms with E-state index >= 15 is 0 Å². The summed E-state index contributed by atoms with van der Waals surface area (Å²) in [7, 11) is 3.16. The molecule has 36 heavy (non-hydrogen) atoms. The van der Waals surface area contributed by atoms with E-state index in [1.165, 1.54) is 11.0 Å². The van der Waals surface area contributed by atoms with Crippen molar-refractivity contribution in [2.45, 2.75) is 26.8 Å². The minimum atomic E-state index is -0.541. The van der Waals surface area contributed by atoms with Gasteiger partial charge in [0.15, 0.2) is 11.5 Å². The zero-order valence-corrected chi connectivity index (χ0v) is 22.2. The first-order chi connectivity index (χ1) is 17.3. The number of aryl methyl sites for hydroxylation is 1. The largest absolute Gasteiger partial charge is 0.493 e. The van der Waals surface area contributed by atoms with Crippen LogP contribution in [0.25, 0.3) is 0 Å². The second-order valence-electron chi connectivity index (χ2n) is 7.91. The number of nitrogens with zero attached hydrogens (tertiary/aromatic N) is 2. The van der Waals surface area contributed by atoms with Gasteiger partial charge in [0.1, 0.15) is 13.1 Å². The Kier molecular flexibility index (Phi) is 11.8. The topological polar surface area (TPSA) is 97.4 Å². The lowest BCUT2D eigenvalue weighted by Crippen LogP contribution is -2.48. The van der Waals surface area contributed by atoms with E-state index in [2.05, 4.69) is 11.9 Å². The van der Waals surface area contributed by atoms with Gasteiger partial charge < -0.3 is 29.3 Å². The summed E-state index contributed by atoms with van der Waals surface area (Å²) in [6.45, 7) is 8.20. The minimum Gasteiger partial charge on any atom is -0.493 e. The fraction of sp³-hybridized carbons (Fsp3) is 0.423. The van der Waals surface area contributed by atoms with Gasteiger partial charge in [0, 0.05) is 18.0 Å². The van der Waals surface area contributed by atoms with Crippen molar-refractivity contribution in [1.29, 1.82) is 0 Å². The molecular weight excluding hydrogens is 482 g/mol. The lowest BCUT2D eigenvalue weighted by molar-refractivity contribution is -0.141. The van der Waals surface area contributed by atoms with Crippen LogP contribution in [0.1, 0.15) is 22.9 Å². The fourth-order valence-electron chi connectivity index (χ4n) is 3.44. The highest BCUT2D eigenvalue weighted by Gasteiger charge is 2.22. The zero-order valence-electron chi connectivity index (χ0n) is 21.4. The van der Waals surface area contributed by atoms with Gasteiger partial charge in [-0.05, 0) is 55.0 Å². The Morgan fingerprint density at radius 1 is 1.11 bits per heavy atom. The van der Waals surface area contributed by atoms with E-state index in [0.717, 1.165) is 16.0 Å². The van der Waals surface area contributed by atoms with E-state index in [-0.39, 0.29) is 32.1 Å². The van der Waals surface area contributed by atoms with Gasteiger partial charge in [-0.2, -0.15) is 0 Å². The predicted octanol–water partition coefficient (Wildman–Crippen LogP) is 3.41. The molecule has 0 saturated carbocycles. The van der Waals surface area contributed by atoms with Crippen LogP contribution >= 0.6 is 11.3 Å². The van der Waals surface area contributed by atoms with Crippen molar-refractivity contribution in [1.82, 2.24) is 15.1 Å². The average molecular weight is 518 g/mol. The Morgan fingerprint density at radius 3 is 2.47 bits per heavy atom. The van der Waals surface area contributed by atoms with Crippen LogP contribution < -0.4 is 14.8 Å². The molecule has 3 amide bonds. The standard InChI is InChI=1S/C26H35N3O6S/c1-6-12-29(26(32)27-16-25(31)35-7-2)18-24(30)28(17-23-19(3)11-14-36-23)13-10-20-8-9-21(33-4)22(15-20)34-5/h6,8-9,11,14-15H,1,7,10,12-13,16-18H2,2-5H3,(H,27,32). The summed E-state index contributed by atoms with van der Waals surface area (Å²) in [6, 6.07) is 7.15. The highest BCUT2D eigenvalue weighted by molar-refractivity contribution is 7.10. The molecule has 0 atom stereocenters. The summed E-state index contributed by atoms with van der Waals surface area (Å²) in [5, 5.41) is 4.50. The molecule has 0 aliphatic heterocycles. The number of carbonyl (C=O) groups excluding carboxylic acids is 3. The summed E-state index contributed by atoms with van der Waals surface area (Å²) in [4.78, 5) is 41.8. The first kappa shape index (κ1) is 28.7. The number of ether oxygens (including phenoxy) is 3. The zero-order chi connectivity index (χ0) is 26.5. The predicted molar refractivity (Wildman–Crippen MR) is 140 cm³/mol. The van der Waals surface area contributed by atoms with Crippen LogP contribution in [0, 0.1) is 6.92 Å². The molecule has 0 bridgehead atoms. The number of nitrogens with one attached hydrogen (secondary N) is 1. The minimum absolute atomic E-state index is 0.155. The highest BCUT2D eigenvalue weighted by atomic mass is 32.1. The normalized spacial score (nSPS) is 10.3. The van der Waals surface area contributed by atoms with Crippen LogP contribution in [0.2, 0.25) is 0 Å². The molecule has 2 aromatic rings. The van der Waals surface area contributed by atoms with Crippen LogP contribution in [0.3, 0.4) is 0 Å². The van der Waals surface area contributed by atoms with Crippen molar-refractivity contribution >= 4 is 29.2 Å². The van der Waals surface area contributed by atoms with Crippen molar-refractivity contribution in [3.05, 3.63) is 58.3 Å². The van der Waals surface area contributed by atoms with Gasteiger partial charge in [-0.3, -0.25) is 9.59 Å². The summed E-state index contributed by atoms with van der Waals surface area (Å²) in [5.41, 5.74) is 2.10. The third-order valence-corrected chi connectivity index (χ3v) is 6.43. The molecule has 1 aromatic carbocycles. The van der Waals surface area contributed by atoms with E-state index < -0.39 is 12.0 Å². The van der Waals surface area contributed by atoms with Gasteiger partial charge in [-0.1, -0.05) is 12.1 Å². The van der Waals surface area contributed by atoms with Crippen molar-refractivity contribution in [2.24, 2.45) is 0 Å². The maximum absolute atomic E-state index is 13.4. The molecule has 0 radical (unpaired) electrons. The number of rotatable bonds is 14. The number of hydrogen-bond donors (Lipinski definition) is 1. The first-order valence-corrected chi connectivity index (χ1v) is 12.5. The molecule has 0 aliphatic carbocycles. The number of thiophene rings is 1. The smallest absolute Gasteiger partial charge is 0.325 e. The second-order valence-corrected chi connectivity index (χ2v) is 8.92. The van der Waals surface area contributed by atoms with Crippen LogP contribution in [0.4, 0.5) is 4.79 Å². The Hall–Kier alpha value is -3.53. The van der Waals surface area contributed by atoms with Gasteiger partial charge in [-0.15, -0.1) is 17.9 Å². The Balaban J connectivity index is 2.14. The monoisotopic (exact) mass is 517 g/mol. The summed E-state index contributed by atoms with van der Waals surface area (Å²) in [6.07, 6.45) is 2.13. The maximum atomic E-state index is 13.4. The van der Waals surface area contributed by atoms with E-state index in [1.54, 1.807) is 37.4 Å². The van der Waals surface area contributed by atoms with Gasteiger partial charge in [0.25, 0.3) is 0 Å². The van der Waals surface area contributed by atoms with Crippen LogP contribution in [0.5, 0.6) is 11.5 Å². The van der Waals surface area contributed by atoms with Gasteiger partial charge in [-0.25, -0.2) is 4.79 Å². The molecule has 0 aliphatic rings. The first-order valence-electron chi connectivity index (χ1n) is 11.6. The quantitative estimate of drug-likeness (QED) is 0.305. The van der Waals surface area contributed by atoms with Crippen LogP contribution in [-0.2, 0) is 27.3 Å². The number of hydrogen-bond acceptors (Lipinski definition) is 7. The maximum Gasteiger partial charge on any atom is 0.325 e. The number of carbonyl (C=O) groups is 3. The van der Waals surface area contributed by atoms with Crippen molar-refractivity contribution in [3.63, 3.8) is 0 Å². The Labute approximate surface area is 216 Å². The van der Waals surface area contributed by atoms with Gasteiger partial charge >= 0.3 is 12.0 Å². The summed E-state index contributed by atoms with van der Waals surface area (Å²) < 4.78 is 15.5. The molecule has 196 valence electrons. The van der Waals surface area contributed by atoms with Gasteiger partial charge in [0.05, 0.1) is 27.4 Å². The van der Waals surface area contributed by atoms with E-state index in [4.69, 9.17) is 14.2 Å². The third-order valence-electron chi connectivity index (χ3n) is 5.43. The van der Waals surface area contributed by atoms with Crippen LogP contribution in [-0.4, -0.2) is 74.7 Å². The average Bonchev–Trinajstić information content (AvgIpc) is 3.28. The number of amides is 3. The summed E-state index contributed by atoms with van der Waals surface area (Å²) in [5.74, 6) is 0.506. The molecule has 1 N–H and O–H groups in total. The number of esters is 1. The SMILES string of the molecule is C=CCN(CC(=O)N(CCc1ccc(OC)c(OC)c1)Cc1sccc1C)C(=O)NCC(=O)OCC. The number of benzene rings is 1. The highest BCUT2D eigenvalue weighted by Crippen LogP contribution is 2.28. The third kappa shape index (κ3) is 8.60. The lowest BCUT2D eigenvalue weighted by Gasteiger charge is -2.27. The molecule has 2 rings (SSSR count). The molecular formula is C26H35N3O6S. The van der Waals surface area contributed by atoms with E-state index in [0.29, 0.717) is 31.0 Å². The second kappa shape index (κ2) is 14.8. The molecule has 10 heteroatoms. The van der Waals surface area contributed by atoms with Crippen molar-refractivity contribution < 1.29 is 28.6 Å². The molecule has 9 nitrogen and oxygen atoms in total. The van der Waals surface area contributed by atoms with E-state index in [9.17, 15) is 14.4 Å². The van der Waals surface area contributed by atoms with Gasteiger partial charge in [0.2, 0.25) is 5.91 Å². The Morgan fingerprint density at radius 2 is 1.86 bits per heavy atom. The summed E-state index contributed by atoms with van der Waals surface area (Å²) >= 11 is 1.59. The lowest BCUT2D eigenvalue weighted by atomic mass is 10.1. The Bertz CT molecular complexity index is 1040. The molecule has 0 saturated heterocycles. The fourth-order valence-corrected chi connectivity index (χ4v) is 4.36. The van der Waals surface area contributed by atoms with Crippen molar-refractivity contribution in [2.75, 3.05) is 47.0 Å². The number of urea groups is 1. The van der Waals surface area contributed by atoms with E-state index in [1.807, 2.05) is 36.6 Å². The molecule has 0 unspecified atom stereocenters. The van der Waals surface area contributed by atoms with Crippen LogP contribution in [0.15, 0.2) is 42.3 Å².